The lowest BCUT2D eigenvalue weighted by molar-refractivity contribution is -0.131. The van der Waals surface area contributed by atoms with E-state index in [1.165, 1.54) is 0 Å². The van der Waals surface area contributed by atoms with Crippen molar-refractivity contribution in [3.63, 3.8) is 0 Å². The zero-order valence-corrected chi connectivity index (χ0v) is 20.7. The molecule has 1 saturated heterocycles. The van der Waals surface area contributed by atoms with Crippen molar-refractivity contribution in [1.29, 1.82) is 0 Å². The second kappa shape index (κ2) is 12.3. The molecule has 0 bridgehead atoms. The first kappa shape index (κ1) is 27.6. The molecule has 2 N–H and O–H groups in total. The standard InChI is InChI=1S/C24H29F3N4O4S/c1-2-6-21(23(32)29-14-16-7-5-9-28-13-16)30-24(33)22-8-3-4-10-31(22)36(34,35)15-18-19(26)11-17(25)12-20(18)27/h5,7,9,11-13,21-22H,2-4,6,8,10,14-15H2,1H3,(H,29,32)(H,30,33). The highest BCUT2D eigenvalue weighted by molar-refractivity contribution is 7.88. The van der Waals surface area contributed by atoms with Crippen LogP contribution >= 0.6 is 0 Å². The van der Waals surface area contributed by atoms with E-state index < -0.39 is 62.7 Å². The molecule has 196 valence electrons. The summed E-state index contributed by atoms with van der Waals surface area (Å²) in [5.74, 6) is -5.93. The van der Waals surface area contributed by atoms with Crippen molar-refractivity contribution in [2.24, 2.45) is 0 Å². The summed E-state index contributed by atoms with van der Waals surface area (Å²) in [6, 6.07) is 2.31. The number of halogens is 3. The van der Waals surface area contributed by atoms with Crippen LogP contribution in [0.1, 0.15) is 50.2 Å². The van der Waals surface area contributed by atoms with Crippen LogP contribution in [-0.2, 0) is 31.9 Å². The van der Waals surface area contributed by atoms with Gasteiger partial charge in [0.15, 0.2) is 0 Å². The first-order valence-corrected chi connectivity index (χ1v) is 13.3. The fraction of sp³-hybridized carbons (Fsp3) is 0.458. The van der Waals surface area contributed by atoms with Crippen LogP contribution in [0.25, 0.3) is 0 Å². The Morgan fingerprint density at radius 2 is 1.92 bits per heavy atom. The quantitative estimate of drug-likeness (QED) is 0.495. The van der Waals surface area contributed by atoms with Gasteiger partial charge in [0, 0.05) is 43.2 Å². The van der Waals surface area contributed by atoms with Gasteiger partial charge in [0.2, 0.25) is 21.8 Å². The summed E-state index contributed by atoms with van der Waals surface area (Å²) in [5, 5.41) is 5.39. The fourth-order valence-electron chi connectivity index (χ4n) is 4.12. The number of sulfonamides is 1. The number of aromatic nitrogens is 1. The molecule has 1 aliphatic rings. The number of piperidine rings is 1. The van der Waals surface area contributed by atoms with E-state index >= 15 is 0 Å². The SMILES string of the molecule is CCCC(NC(=O)C1CCCCN1S(=O)(=O)Cc1c(F)cc(F)cc1F)C(=O)NCc1cccnc1. The zero-order chi connectivity index (χ0) is 26.3. The Morgan fingerprint density at radius 3 is 2.56 bits per heavy atom. The third kappa shape index (κ3) is 7.03. The maximum absolute atomic E-state index is 14.1. The van der Waals surface area contributed by atoms with Gasteiger partial charge >= 0.3 is 0 Å². The summed E-state index contributed by atoms with van der Waals surface area (Å²) in [6.07, 6.45) is 5.34. The molecule has 36 heavy (non-hydrogen) atoms. The van der Waals surface area contributed by atoms with Gasteiger partial charge in [-0.25, -0.2) is 21.6 Å². The largest absolute Gasteiger partial charge is 0.350 e. The summed E-state index contributed by atoms with van der Waals surface area (Å²) < 4.78 is 68.6. The number of nitrogens with zero attached hydrogens (tertiary/aromatic N) is 2. The highest BCUT2D eigenvalue weighted by Crippen LogP contribution is 2.25. The Bertz CT molecular complexity index is 1160. The highest BCUT2D eigenvalue weighted by Gasteiger charge is 2.38. The zero-order valence-electron chi connectivity index (χ0n) is 19.8. The van der Waals surface area contributed by atoms with Crippen LogP contribution in [0.15, 0.2) is 36.7 Å². The predicted molar refractivity (Wildman–Crippen MR) is 126 cm³/mol. The predicted octanol–water partition coefficient (Wildman–Crippen LogP) is 2.78. The van der Waals surface area contributed by atoms with Crippen LogP contribution < -0.4 is 10.6 Å². The number of rotatable bonds is 10. The van der Waals surface area contributed by atoms with E-state index in [2.05, 4.69) is 15.6 Å². The average Bonchev–Trinajstić information content (AvgIpc) is 2.85. The van der Waals surface area contributed by atoms with Gasteiger partial charge in [0.25, 0.3) is 0 Å². The van der Waals surface area contributed by atoms with E-state index in [0.29, 0.717) is 37.8 Å². The number of nitrogens with one attached hydrogen (secondary N) is 2. The Morgan fingerprint density at radius 1 is 1.19 bits per heavy atom. The molecule has 12 heteroatoms. The van der Waals surface area contributed by atoms with E-state index in [4.69, 9.17) is 0 Å². The van der Waals surface area contributed by atoms with Crippen molar-refractivity contribution in [2.75, 3.05) is 6.54 Å². The maximum Gasteiger partial charge on any atom is 0.242 e. The number of amides is 2. The first-order valence-electron chi connectivity index (χ1n) is 11.7. The average molecular weight is 527 g/mol. The number of hydrogen-bond donors (Lipinski definition) is 2. The van der Waals surface area contributed by atoms with E-state index in [9.17, 15) is 31.2 Å². The summed E-state index contributed by atoms with van der Waals surface area (Å²) in [6.45, 7) is 2.04. The number of carbonyl (C=O) groups is 2. The Kier molecular flexibility index (Phi) is 9.43. The number of carbonyl (C=O) groups excluding carboxylic acids is 2. The molecule has 1 aromatic carbocycles. The second-order valence-electron chi connectivity index (χ2n) is 8.66. The maximum atomic E-state index is 14.1. The lowest BCUT2D eigenvalue weighted by Gasteiger charge is -2.34. The molecular formula is C24H29F3N4O4S. The third-order valence-electron chi connectivity index (χ3n) is 5.95. The Hall–Kier alpha value is -2.99. The second-order valence-corrected chi connectivity index (χ2v) is 10.6. The van der Waals surface area contributed by atoms with Crippen molar-refractivity contribution in [3.8, 4) is 0 Å². The van der Waals surface area contributed by atoms with Gasteiger partial charge in [-0.3, -0.25) is 14.6 Å². The van der Waals surface area contributed by atoms with E-state index in [0.717, 1.165) is 9.87 Å². The van der Waals surface area contributed by atoms with Gasteiger partial charge in [-0.05, 0) is 30.9 Å². The number of pyridine rings is 1. The molecule has 3 rings (SSSR count). The van der Waals surface area contributed by atoms with Crippen LogP contribution in [-0.4, -0.2) is 48.1 Å². The lowest BCUT2D eigenvalue weighted by Crippen LogP contribution is -2.56. The van der Waals surface area contributed by atoms with Crippen LogP contribution in [0.5, 0.6) is 0 Å². The molecule has 2 aromatic rings. The molecule has 2 amide bonds. The summed E-state index contributed by atoms with van der Waals surface area (Å²) in [7, 11) is -4.34. The molecule has 0 saturated carbocycles. The number of benzene rings is 1. The molecular weight excluding hydrogens is 497 g/mol. The topological polar surface area (TPSA) is 108 Å². The lowest BCUT2D eigenvalue weighted by atomic mass is 10.0. The summed E-state index contributed by atoms with van der Waals surface area (Å²) in [4.78, 5) is 29.9. The molecule has 0 radical (unpaired) electrons. The minimum atomic E-state index is -4.34. The molecule has 0 spiro atoms. The van der Waals surface area contributed by atoms with Crippen LogP contribution in [0.3, 0.4) is 0 Å². The highest BCUT2D eigenvalue weighted by atomic mass is 32.2. The van der Waals surface area contributed by atoms with Crippen molar-refractivity contribution in [2.45, 2.75) is 63.4 Å². The molecule has 1 aliphatic heterocycles. The van der Waals surface area contributed by atoms with Crippen molar-refractivity contribution in [3.05, 3.63) is 65.2 Å². The van der Waals surface area contributed by atoms with Crippen LogP contribution in [0.2, 0.25) is 0 Å². The number of hydrogen-bond acceptors (Lipinski definition) is 5. The van der Waals surface area contributed by atoms with E-state index in [-0.39, 0.29) is 19.5 Å². The Labute approximate surface area is 208 Å². The molecule has 2 unspecified atom stereocenters. The first-order chi connectivity index (χ1) is 17.1. The molecule has 2 heterocycles. The van der Waals surface area contributed by atoms with E-state index in [1.807, 2.05) is 6.92 Å². The van der Waals surface area contributed by atoms with Gasteiger partial charge < -0.3 is 10.6 Å². The van der Waals surface area contributed by atoms with Gasteiger partial charge in [0.05, 0.1) is 5.75 Å². The molecule has 2 atom stereocenters. The summed E-state index contributed by atoms with van der Waals surface area (Å²) >= 11 is 0. The van der Waals surface area contributed by atoms with Gasteiger partial charge in [0.1, 0.15) is 29.5 Å². The van der Waals surface area contributed by atoms with Gasteiger partial charge in [-0.1, -0.05) is 25.8 Å². The van der Waals surface area contributed by atoms with Crippen LogP contribution in [0, 0.1) is 17.5 Å². The van der Waals surface area contributed by atoms with Crippen molar-refractivity contribution >= 4 is 21.8 Å². The molecule has 1 aromatic heterocycles. The third-order valence-corrected chi connectivity index (χ3v) is 7.75. The van der Waals surface area contributed by atoms with Gasteiger partial charge in [-0.2, -0.15) is 4.31 Å². The van der Waals surface area contributed by atoms with Crippen LogP contribution in [0.4, 0.5) is 13.2 Å². The van der Waals surface area contributed by atoms with Crippen molar-refractivity contribution in [1.82, 2.24) is 19.9 Å². The smallest absolute Gasteiger partial charge is 0.242 e. The van der Waals surface area contributed by atoms with Gasteiger partial charge in [-0.15, -0.1) is 0 Å². The normalized spacial score (nSPS) is 17.4. The van der Waals surface area contributed by atoms with Crippen molar-refractivity contribution < 1.29 is 31.2 Å². The minimum Gasteiger partial charge on any atom is -0.350 e. The molecule has 0 aliphatic carbocycles. The Balaban J connectivity index is 1.72. The fourth-order valence-corrected chi connectivity index (χ4v) is 5.92. The molecule has 1 fully saturated rings. The minimum absolute atomic E-state index is 0.0174. The monoisotopic (exact) mass is 526 g/mol. The van der Waals surface area contributed by atoms with E-state index in [1.54, 1.807) is 24.5 Å². The summed E-state index contributed by atoms with van der Waals surface area (Å²) in [5.41, 5.74) is -0.0167. The molecule has 8 nitrogen and oxygen atoms in total.